The van der Waals surface area contributed by atoms with Crippen molar-refractivity contribution in [1.82, 2.24) is 5.32 Å². The first-order valence-electron chi connectivity index (χ1n) is 5.01. The quantitative estimate of drug-likeness (QED) is 0.725. The third-order valence-electron chi connectivity index (χ3n) is 1.92. The Balaban J connectivity index is 2.62. The Kier molecular flexibility index (Phi) is 4.87. The normalized spacial score (nSPS) is 24.4. The van der Waals surface area contributed by atoms with Crippen molar-refractivity contribution in [3.05, 3.63) is 11.8 Å². The standard InChI is InChI=1S/C10H17NO2S/c1-3-5-8-9(10(12)13-4-2)14-7-6-11-8/h5,9,11H,3-4,6-7H2,1-2H3/b8-5-. The molecule has 0 aromatic rings. The molecular weight excluding hydrogens is 198 g/mol. The van der Waals surface area contributed by atoms with Gasteiger partial charge in [-0.1, -0.05) is 13.0 Å². The van der Waals surface area contributed by atoms with Crippen LogP contribution in [0.4, 0.5) is 0 Å². The van der Waals surface area contributed by atoms with Crippen LogP contribution >= 0.6 is 11.8 Å². The first-order chi connectivity index (χ1) is 6.79. The molecule has 0 spiro atoms. The molecule has 0 aliphatic carbocycles. The minimum atomic E-state index is -0.136. The minimum absolute atomic E-state index is 0.121. The fourth-order valence-corrected chi connectivity index (χ4v) is 2.39. The van der Waals surface area contributed by atoms with Crippen LogP contribution in [0.15, 0.2) is 11.8 Å². The van der Waals surface area contributed by atoms with Crippen LogP contribution in [-0.2, 0) is 9.53 Å². The third-order valence-corrected chi connectivity index (χ3v) is 3.14. The summed E-state index contributed by atoms with van der Waals surface area (Å²) >= 11 is 1.65. The first-order valence-corrected chi connectivity index (χ1v) is 6.06. The van der Waals surface area contributed by atoms with Gasteiger partial charge >= 0.3 is 5.97 Å². The molecule has 1 fully saturated rings. The lowest BCUT2D eigenvalue weighted by atomic mass is 10.2. The lowest BCUT2D eigenvalue weighted by molar-refractivity contribution is -0.141. The summed E-state index contributed by atoms with van der Waals surface area (Å²) in [5.41, 5.74) is 1.02. The summed E-state index contributed by atoms with van der Waals surface area (Å²) in [6, 6.07) is 0. The van der Waals surface area contributed by atoms with E-state index in [1.54, 1.807) is 11.8 Å². The van der Waals surface area contributed by atoms with Gasteiger partial charge in [0.15, 0.2) is 0 Å². The summed E-state index contributed by atoms with van der Waals surface area (Å²) in [7, 11) is 0. The zero-order chi connectivity index (χ0) is 10.4. The smallest absolute Gasteiger partial charge is 0.325 e. The van der Waals surface area contributed by atoms with Gasteiger partial charge in [0.1, 0.15) is 5.25 Å². The maximum Gasteiger partial charge on any atom is 0.325 e. The number of hydrogen-bond donors (Lipinski definition) is 1. The van der Waals surface area contributed by atoms with Crippen LogP contribution in [0.5, 0.6) is 0 Å². The number of nitrogens with one attached hydrogen (secondary N) is 1. The summed E-state index contributed by atoms with van der Waals surface area (Å²) < 4.78 is 5.02. The molecule has 0 aromatic heterocycles. The molecule has 1 heterocycles. The predicted octanol–water partition coefficient (Wildman–Crippen LogP) is 1.55. The van der Waals surface area contributed by atoms with Gasteiger partial charge in [-0.05, 0) is 13.3 Å². The molecule has 1 atom stereocenters. The zero-order valence-electron chi connectivity index (χ0n) is 8.71. The Morgan fingerprint density at radius 2 is 2.50 bits per heavy atom. The van der Waals surface area contributed by atoms with E-state index in [0.717, 1.165) is 24.4 Å². The molecule has 1 saturated heterocycles. The van der Waals surface area contributed by atoms with Gasteiger partial charge in [-0.3, -0.25) is 4.79 Å². The Bertz CT molecular complexity index is 228. The van der Waals surface area contributed by atoms with Gasteiger partial charge in [-0.25, -0.2) is 0 Å². The molecule has 3 nitrogen and oxygen atoms in total. The highest BCUT2D eigenvalue weighted by Gasteiger charge is 2.27. The molecule has 0 amide bonds. The van der Waals surface area contributed by atoms with Gasteiger partial charge in [0.25, 0.3) is 0 Å². The minimum Gasteiger partial charge on any atom is -0.465 e. The molecular formula is C10H17NO2S. The molecule has 0 bridgehead atoms. The van der Waals surface area contributed by atoms with E-state index in [-0.39, 0.29) is 11.2 Å². The van der Waals surface area contributed by atoms with Crippen molar-refractivity contribution in [2.75, 3.05) is 18.9 Å². The van der Waals surface area contributed by atoms with E-state index in [4.69, 9.17) is 4.74 Å². The van der Waals surface area contributed by atoms with Crippen LogP contribution in [-0.4, -0.2) is 30.1 Å². The van der Waals surface area contributed by atoms with Crippen molar-refractivity contribution < 1.29 is 9.53 Å². The highest BCUT2D eigenvalue weighted by Crippen LogP contribution is 2.23. The second-order valence-electron chi connectivity index (χ2n) is 3.00. The Morgan fingerprint density at radius 3 is 3.14 bits per heavy atom. The molecule has 1 aliphatic rings. The monoisotopic (exact) mass is 215 g/mol. The Hall–Kier alpha value is -0.640. The number of ether oxygens (including phenoxy) is 1. The molecule has 0 saturated carbocycles. The third kappa shape index (κ3) is 2.94. The number of esters is 1. The number of thioether (sulfide) groups is 1. The van der Waals surface area contributed by atoms with Gasteiger partial charge < -0.3 is 10.1 Å². The van der Waals surface area contributed by atoms with E-state index in [9.17, 15) is 4.79 Å². The largest absolute Gasteiger partial charge is 0.465 e. The van der Waals surface area contributed by atoms with E-state index in [1.165, 1.54) is 0 Å². The molecule has 0 radical (unpaired) electrons. The predicted molar refractivity (Wildman–Crippen MR) is 59.3 cm³/mol. The van der Waals surface area contributed by atoms with Crippen molar-refractivity contribution in [3.8, 4) is 0 Å². The fourth-order valence-electron chi connectivity index (χ4n) is 1.37. The van der Waals surface area contributed by atoms with Gasteiger partial charge in [-0.15, -0.1) is 11.8 Å². The number of carbonyl (C=O) groups excluding carboxylic acids is 1. The number of allylic oxidation sites excluding steroid dienone is 1. The van der Waals surface area contributed by atoms with Gasteiger partial charge in [-0.2, -0.15) is 0 Å². The van der Waals surface area contributed by atoms with Crippen LogP contribution in [0.2, 0.25) is 0 Å². The molecule has 0 aromatic carbocycles. The maximum atomic E-state index is 11.6. The van der Waals surface area contributed by atoms with Gasteiger partial charge in [0.2, 0.25) is 0 Å². The van der Waals surface area contributed by atoms with Crippen LogP contribution < -0.4 is 5.32 Å². The highest BCUT2D eigenvalue weighted by atomic mass is 32.2. The highest BCUT2D eigenvalue weighted by molar-refractivity contribution is 8.00. The number of hydrogen-bond acceptors (Lipinski definition) is 4. The molecule has 1 aliphatic heterocycles. The SMILES string of the molecule is CC/C=C1\NCCSC1C(=O)OCC. The van der Waals surface area contributed by atoms with E-state index in [0.29, 0.717) is 6.61 Å². The lowest BCUT2D eigenvalue weighted by Gasteiger charge is -2.24. The summed E-state index contributed by atoms with van der Waals surface area (Å²) in [5, 5.41) is 3.11. The van der Waals surface area contributed by atoms with Crippen LogP contribution in [0.3, 0.4) is 0 Å². The average molecular weight is 215 g/mol. The van der Waals surface area contributed by atoms with Gasteiger partial charge in [0.05, 0.1) is 6.61 Å². The molecule has 80 valence electrons. The summed E-state index contributed by atoms with van der Waals surface area (Å²) in [5.74, 6) is 0.842. The first kappa shape index (κ1) is 11.4. The van der Waals surface area contributed by atoms with Crippen LogP contribution in [0.25, 0.3) is 0 Å². The van der Waals surface area contributed by atoms with E-state index >= 15 is 0 Å². The summed E-state index contributed by atoms with van der Waals surface area (Å²) in [6.07, 6.45) is 3.01. The number of rotatable bonds is 3. The zero-order valence-corrected chi connectivity index (χ0v) is 9.52. The fraction of sp³-hybridized carbons (Fsp3) is 0.700. The summed E-state index contributed by atoms with van der Waals surface area (Å²) in [6.45, 7) is 5.29. The molecule has 1 N–H and O–H groups in total. The maximum absolute atomic E-state index is 11.6. The Labute approximate surface area is 89.3 Å². The molecule has 1 rings (SSSR count). The van der Waals surface area contributed by atoms with Gasteiger partial charge in [0, 0.05) is 18.0 Å². The second kappa shape index (κ2) is 5.96. The van der Waals surface area contributed by atoms with Crippen molar-refractivity contribution in [3.63, 3.8) is 0 Å². The second-order valence-corrected chi connectivity index (χ2v) is 4.21. The van der Waals surface area contributed by atoms with Crippen LogP contribution in [0.1, 0.15) is 20.3 Å². The average Bonchev–Trinajstić information content (AvgIpc) is 2.19. The van der Waals surface area contributed by atoms with Crippen molar-refractivity contribution in [1.29, 1.82) is 0 Å². The van der Waals surface area contributed by atoms with Crippen molar-refractivity contribution in [2.24, 2.45) is 0 Å². The molecule has 14 heavy (non-hydrogen) atoms. The molecule has 1 unspecified atom stereocenters. The van der Waals surface area contributed by atoms with E-state index in [2.05, 4.69) is 18.3 Å². The van der Waals surface area contributed by atoms with Crippen LogP contribution in [0, 0.1) is 0 Å². The number of carbonyl (C=O) groups is 1. The van der Waals surface area contributed by atoms with E-state index < -0.39 is 0 Å². The summed E-state index contributed by atoms with van der Waals surface area (Å²) in [4.78, 5) is 11.6. The molecule has 4 heteroatoms. The van der Waals surface area contributed by atoms with E-state index in [1.807, 2.05) is 6.92 Å². The van der Waals surface area contributed by atoms with Crippen molar-refractivity contribution in [2.45, 2.75) is 25.5 Å². The lowest BCUT2D eigenvalue weighted by Crippen LogP contribution is -2.36. The Morgan fingerprint density at radius 1 is 1.71 bits per heavy atom. The topological polar surface area (TPSA) is 38.3 Å². The van der Waals surface area contributed by atoms with Crippen molar-refractivity contribution >= 4 is 17.7 Å².